The predicted molar refractivity (Wildman–Crippen MR) is 61.8 cm³/mol. The summed E-state index contributed by atoms with van der Waals surface area (Å²) in [6.45, 7) is 1.23. The Morgan fingerprint density at radius 1 is 1.44 bits per heavy atom. The van der Waals surface area contributed by atoms with Gasteiger partial charge in [-0.05, 0) is 25.0 Å². The summed E-state index contributed by atoms with van der Waals surface area (Å²) >= 11 is 0. The number of nitrogens with one attached hydrogen (secondary N) is 1. The van der Waals surface area contributed by atoms with Crippen molar-refractivity contribution in [1.29, 1.82) is 0 Å². The molecular weight excluding hydrogens is 202 g/mol. The maximum Gasteiger partial charge on any atom is 0.220 e. The van der Waals surface area contributed by atoms with E-state index < -0.39 is 0 Å². The highest BCUT2D eigenvalue weighted by atomic mass is 16.1. The minimum Gasteiger partial charge on any atom is -0.356 e. The maximum atomic E-state index is 11.3. The number of carbonyl (C=O) groups excluding carboxylic acids is 1. The van der Waals surface area contributed by atoms with E-state index >= 15 is 0 Å². The molecule has 0 aliphatic carbocycles. The maximum absolute atomic E-state index is 11.3. The molecule has 1 amide bonds. The van der Waals surface area contributed by atoms with Crippen molar-refractivity contribution < 1.29 is 4.79 Å². The van der Waals surface area contributed by atoms with Gasteiger partial charge in [0.05, 0.1) is 0 Å². The van der Waals surface area contributed by atoms with Crippen molar-refractivity contribution in [3.05, 3.63) is 30.1 Å². The molecule has 1 atom stereocenters. The van der Waals surface area contributed by atoms with Crippen LogP contribution in [0.4, 0.5) is 0 Å². The molecular formula is C12H17N3O. The number of rotatable bonds is 2. The molecule has 1 aromatic heterocycles. The molecule has 0 aromatic carbocycles. The van der Waals surface area contributed by atoms with Gasteiger partial charge < -0.3 is 11.1 Å². The van der Waals surface area contributed by atoms with Crippen LogP contribution in [0.3, 0.4) is 0 Å². The van der Waals surface area contributed by atoms with Crippen LogP contribution in [-0.4, -0.2) is 24.0 Å². The third-order valence-corrected chi connectivity index (χ3v) is 3.36. The first-order valence-corrected chi connectivity index (χ1v) is 5.65. The van der Waals surface area contributed by atoms with E-state index in [-0.39, 0.29) is 11.3 Å². The summed E-state index contributed by atoms with van der Waals surface area (Å²) in [7, 11) is 0. The SMILES string of the molecule is NCC1(c2ccccn2)CCNC(=O)CC1. The van der Waals surface area contributed by atoms with Crippen LogP contribution in [0.1, 0.15) is 25.0 Å². The number of amides is 1. The van der Waals surface area contributed by atoms with Gasteiger partial charge in [-0.2, -0.15) is 0 Å². The first-order chi connectivity index (χ1) is 7.77. The normalized spacial score (nSPS) is 25.9. The van der Waals surface area contributed by atoms with Crippen molar-refractivity contribution in [3.63, 3.8) is 0 Å². The second-order valence-corrected chi connectivity index (χ2v) is 4.30. The molecule has 1 aromatic rings. The Morgan fingerprint density at radius 3 is 3.00 bits per heavy atom. The second kappa shape index (κ2) is 4.61. The van der Waals surface area contributed by atoms with Gasteiger partial charge in [0.1, 0.15) is 0 Å². The third kappa shape index (κ3) is 2.07. The lowest BCUT2D eigenvalue weighted by molar-refractivity contribution is -0.120. The summed E-state index contributed by atoms with van der Waals surface area (Å²) in [5.41, 5.74) is 6.78. The summed E-state index contributed by atoms with van der Waals surface area (Å²) in [6.07, 6.45) is 3.97. The Kier molecular flexibility index (Phi) is 3.19. The number of aromatic nitrogens is 1. The van der Waals surface area contributed by atoms with Crippen LogP contribution in [0.25, 0.3) is 0 Å². The van der Waals surface area contributed by atoms with Crippen LogP contribution in [-0.2, 0) is 10.2 Å². The van der Waals surface area contributed by atoms with E-state index in [1.807, 2.05) is 18.2 Å². The van der Waals surface area contributed by atoms with Crippen molar-refractivity contribution in [2.75, 3.05) is 13.1 Å². The number of pyridine rings is 1. The first-order valence-electron chi connectivity index (χ1n) is 5.65. The minimum absolute atomic E-state index is 0.117. The fourth-order valence-electron chi connectivity index (χ4n) is 2.25. The molecule has 0 bridgehead atoms. The predicted octanol–water partition coefficient (Wildman–Crippen LogP) is 0.578. The van der Waals surface area contributed by atoms with E-state index in [1.54, 1.807) is 6.20 Å². The summed E-state index contributed by atoms with van der Waals surface area (Å²) in [5.74, 6) is 0.117. The molecule has 1 unspecified atom stereocenters. The Bertz CT molecular complexity index is 366. The first kappa shape index (κ1) is 11.1. The lowest BCUT2D eigenvalue weighted by atomic mass is 9.77. The Balaban J connectivity index is 2.28. The van der Waals surface area contributed by atoms with Gasteiger partial charge in [-0.1, -0.05) is 6.07 Å². The van der Waals surface area contributed by atoms with Crippen LogP contribution in [0.2, 0.25) is 0 Å². The van der Waals surface area contributed by atoms with E-state index in [0.29, 0.717) is 19.5 Å². The number of nitrogens with zero attached hydrogens (tertiary/aromatic N) is 1. The molecule has 86 valence electrons. The lowest BCUT2D eigenvalue weighted by Crippen LogP contribution is -2.36. The summed E-state index contributed by atoms with van der Waals surface area (Å²) in [4.78, 5) is 15.7. The zero-order valence-corrected chi connectivity index (χ0v) is 9.28. The Hall–Kier alpha value is -1.42. The van der Waals surface area contributed by atoms with Crippen LogP contribution < -0.4 is 11.1 Å². The van der Waals surface area contributed by atoms with Gasteiger partial charge in [0.15, 0.2) is 0 Å². The fraction of sp³-hybridized carbons (Fsp3) is 0.500. The highest BCUT2D eigenvalue weighted by Crippen LogP contribution is 2.31. The van der Waals surface area contributed by atoms with Gasteiger partial charge in [0, 0.05) is 36.8 Å². The molecule has 1 saturated heterocycles. The van der Waals surface area contributed by atoms with Crippen molar-refractivity contribution in [1.82, 2.24) is 10.3 Å². The molecule has 0 spiro atoms. The van der Waals surface area contributed by atoms with E-state index in [0.717, 1.165) is 18.5 Å². The molecule has 0 radical (unpaired) electrons. The van der Waals surface area contributed by atoms with Crippen LogP contribution in [0, 0.1) is 0 Å². The molecule has 2 heterocycles. The highest BCUT2D eigenvalue weighted by molar-refractivity contribution is 5.76. The summed E-state index contributed by atoms with van der Waals surface area (Å²) in [5, 5.41) is 2.88. The molecule has 1 aliphatic rings. The van der Waals surface area contributed by atoms with E-state index in [9.17, 15) is 4.79 Å². The number of carbonyl (C=O) groups is 1. The smallest absolute Gasteiger partial charge is 0.220 e. The standard InChI is InChI=1S/C12H17N3O/c13-9-12(10-3-1-2-7-14-10)5-4-11(16)15-8-6-12/h1-3,7H,4-6,8-9,13H2,(H,15,16). The quantitative estimate of drug-likeness (QED) is 0.764. The van der Waals surface area contributed by atoms with Crippen LogP contribution in [0.15, 0.2) is 24.4 Å². The lowest BCUT2D eigenvalue weighted by Gasteiger charge is -2.29. The Labute approximate surface area is 95.3 Å². The minimum atomic E-state index is -0.138. The van der Waals surface area contributed by atoms with E-state index in [1.165, 1.54) is 0 Å². The molecule has 4 nitrogen and oxygen atoms in total. The Morgan fingerprint density at radius 2 is 2.31 bits per heavy atom. The summed E-state index contributed by atoms with van der Waals surface area (Å²) in [6, 6.07) is 5.87. The monoisotopic (exact) mass is 219 g/mol. The molecule has 1 aliphatic heterocycles. The molecule has 4 heteroatoms. The van der Waals surface area contributed by atoms with Gasteiger partial charge in [-0.3, -0.25) is 9.78 Å². The molecule has 2 rings (SSSR count). The van der Waals surface area contributed by atoms with Gasteiger partial charge in [-0.15, -0.1) is 0 Å². The van der Waals surface area contributed by atoms with E-state index in [4.69, 9.17) is 5.73 Å². The van der Waals surface area contributed by atoms with Crippen molar-refractivity contribution in [2.24, 2.45) is 5.73 Å². The fourth-order valence-corrected chi connectivity index (χ4v) is 2.25. The van der Waals surface area contributed by atoms with Crippen molar-refractivity contribution >= 4 is 5.91 Å². The highest BCUT2D eigenvalue weighted by Gasteiger charge is 2.34. The average Bonchev–Trinajstić information content (AvgIpc) is 2.53. The molecule has 16 heavy (non-hydrogen) atoms. The molecule has 3 N–H and O–H groups in total. The zero-order valence-electron chi connectivity index (χ0n) is 9.28. The van der Waals surface area contributed by atoms with Gasteiger partial charge in [-0.25, -0.2) is 0 Å². The average molecular weight is 219 g/mol. The molecule has 0 saturated carbocycles. The van der Waals surface area contributed by atoms with Crippen molar-refractivity contribution in [2.45, 2.75) is 24.7 Å². The van der Waals surface area contributed by atoms with Gasteiger partial charge in [0.25, 0.3) is 0 Å². The number of nitrogens with two attached hydrogens (primary N) is 1. The van der Waals surface area contributed by atoms with Gasteiger partial charge in [0.2, 0.25) is 5.91 Å². The second-order valence-electron chi connectivity index (χ2n) is 4.30. The summed E-state index contributed by atoms with van der Waals surface area (Å²) < 4.78 is 0. The van der Waals surface area contributed by atoms with E-state index in [2.05, 4.69) is 10.3 Å². The van der Waals surface area contributed by atoms with Crippen LogP contribution >= 0.6 is 0 Å². The number of hydrogen-bond donors (Lipinski definition) is 2. The van der Waals surface area contributed by atoms with Crippen molar-refractivity contribution in [3.8, 4) is 0 Å². The van der Waals surface area contributed by atoms with Gasteiger partial charge >= 0.3 is 0 Å². The zero-order chi connectivity index (χ0) is 11.4. The molecule has 1 fully saturated rings. The largest absolute Gasteiger partial charge is 0.356 e. The topological polar surface area (TPSA) is 68.0 Å². The van der Waals surface area contributed by atoms with Crippen LogP contribution in [0.5, 0.6) is 0 Å². The number of hydrogen-bond acceptors (Lipinski definition) is 3. The third-order valence-electron chi connectivity index (χ3n) is 3.36.